The quantitative estimate of drug-likeness (QED) is 0.615. The lowest BCUT2D eigenvalue weighted by Gasteiger charge is -2.15. The number of nitrogens with one attached hydrogen (secondary N) is 1. The predicted molar refractivity (Wildman–Crippen MR) is 94.3 cm³/mol. The molecule has 0 aliphatic heterocycles. The molecular weight excluding hydrogens is 400 g/mol. The highest BCUT2D eigenvalue weighted by Crippen LogP contribution is 2.27. The van der Waals surface area contributed by atoms with Gasteiger partial charge < -0.3 is 14.2 Å². The van der Waals surface area contributed by atoms with Crippen LogP contribution in [-0.4, -0.2) is 51.3 Å². The minimum atomic E-state index is -5.04. The van der Waals surface area contributed by atoms with Gasteiger partial charge in [-0.25, -0.2) is 8.42 Å². The average molecular weight is 417 g/mol. The van der Waals surface area contributed by atoms with Crippen LogP contribution in [0.1, 0.15) is 21.7 Å². The summed E-state index contributed by atoms with van der Waals surface area (Å²) in [6, 6.07) is 5.45. The van der Waals surface area contributed by atoms with Gasteiger partial charge >= 0.3 is 5.76 Å². The van der Waals surface area contributed by atoms with E-state index in [0.29, 0.717) is 0 Å². The van der Waals surface area contributed by atoms with Crippen LogP contribution in [0.4, 0.5) is 14.5 Å². The predicted octanol–water partition coefficient (Wildman–Crippen LogP) is 1.84. The molecule has 1 N–H and O–H groups in total. The van der Waals surface area contributed by atoms with Crippen molar-refractivity contribution in [2.45, 2.75) is 12.4 Å². The molecule has 0 aliphatic carbocycles. The summed E-state index contributed by atoms with van der Waals surface area (Å²) in [6.45, 7) is -0.134. The number of hydrogen-bond acceptors (Lipinski definition) is 8. The third-order valence-corrected chi connectivity index (χ3v) is 4.43. The van der Waals surface area contributed by atoms with E-state index in [9.17, 15) is 22.0 Å². The van der Waals surface area contributed by atoms with E-state index >= 15 is 0 Å². The Balaban J connectivity index is 2.61. The van der Waals surface area contributed by atoms with E-state index in [1.807, 2.05) is 0 Å². The number of ketones is 1. The van der Waals surface area contributed by atoms with Crippen LogP contribution in [-0.2, 0) is 21.4 Å². The van der Waals surface area contributed by atoms with Crippen LogP contribution in [0.25, 0.3) is 0 Å². The second-order valence-corrected chi connectivity index (χ2v) is 6.94. The highest BCUT2D eigenvalue weighted by atomic mass is 32.2. The molecule has 0 fully saturated rings. The maximum absolute atomic E-state index is 12.9. The molecule has 0 aliphatic rings. The fraction of sp³-hybridized carbons (Fsp3) is 0.312. The highest BCUT2D eigenvalue weighted by Gasteiger charge is 2.28. The number of methoxy groups -OCH3 is 3. The molecule has 12 heteroatoms. The Hall–Kier alpha value is -2.86. The van der Waals surface area contributed by atoms with Crippen LogP contribution < -0.4 is 14.2 Å². The van der Waals surface area contributed by atoms with E-state index in [0.717, 1.165) is 0 Å². The van der Waals surface area contributed by atoms with Crippen molar-refractivity contribution in [1.29, 1.82) is 0 Å². The maximum atomic E-state index is 12.9. The lowest BCUT2D eigenvalue weighted by molar-refractivity contribution is 0.102. The van der Waals surface area contributed by atoms with Crippen molar-refractivity contribution in [1.82, 2.24) is 9.97 Å². The zero-order valence-electron chi connectivity index (χ0n) is 15.1. The van der Waals surface area contributed by atoms with Gasteiger partial charge in [-0.05, 0) is 6.07 Å². The number of rotatable bonds is 9. The number of sulfonamides is 1. The second-order valence-electron chi connectivity index (χ2n) is 5.29. The van der Waals surface area contributed by atoms with Gasteiger partial charge in [0.2, 0.25) is 23.4 Å². The fourth-order valence-electron chi connectivity index (χ4n) is 2.21. The summed E-state index contributed by atoms with van der Waals surface area (Å²) >= 11 is 0. The number of hydrogen-bond donors (Lipinski definition) is 1. The number of anilines is 1. The standard InChI is InChI=1S/C16H17F2N3O6S/c1-25-8-9-5-4-6-10(13(9)21-28(23,24)16(17)18)14(22)15-19-11(26-2)7-12(20-15)27-3/h4-7,16,21H,8H2,1-3H3. The third kappa shape index (κ3) is 4.70. The number of carbonyl (C=O) groups excluding carboxylic acids is 1. The van der Waals surface area contributed by atoms with E-state index < -0.39 is 21.6 Å². The lowest BCUT2D eigenvalue weighted by atomic mass is 10.0. The minimum absolute atomic E-state index is 0.0259. The molecule has 2 rings (SSSR count). The fourth-order valence-corrected chi connectivity index (χ4v) is 2.82. The lowest BCUT2D eigenvalue weighted by Crippen LogP contribution is -2.23. The van der Waals surface area contributed by atoms with Crippen molar-refractivity contribution in [3.63, 3.8) is 0 Å². The van der Waals surface area contributed by atoms with Gasteiger partial charge in [0.25, 0.3) is 10.0 Å². The molecule has 1 aromatic heterocycles. The van der Waals surface area contributed by atoms with Gasteiger partial charge in [-0.15, -0.1) is 0 Å². The molecular formula is C16H17F2N3O6S. The van der Waals surface area contributed by atoms with E-state index in [-0.39, 0.29) is 41.0 Å². The number of alkyl halides is 2. The molecule has 0 bridgehead atoms. The Morgan fingerprint density at radius 1 is 1.14 bits per heavy atom. The number of carbonyl (C=O) groups is 1. The maximum Gasteiger partial charge on any atom is 0.355 e. The first-order valence-corrected chi connectivity index (χ1v) is 9.20. The molecule has 1 heterocycles. The normalized spacial score (nSPS) is 11.4. The number of ether oxygens (including phenoxy) is 3. The summed E-state index contributed by atoms with van der Waals surface area (Å²) in [7, 11) is -1.07. The number of para-hydroxylation sites is 1. The zero-order valence-corrected chi connectivity index (χ0v) is 15.9. The van der Waals surface area contributed by atoms with Crippen LogP contribution in [0.2, 0.25) is 0 Å². The summed E-state index contributed by atoms with van der Waals surface area (Å²) in [4.78, 5) is 20.7. The summed E-state index contributed by atoms with van der Waals surface area (Å²) in [5.41, 5.74) is -0.415. The molecule has 0 atom stereocenters. The number of halogens is 2. The summed E-state index contributed by atoms with van der Waals surface area (Å²) in [5.74, 6) is -4.85. The van der Waals surface area contributed by atoms with Crippen molar-refractivity contribution >= 4 is 21.5 Å². The van der Waals surface area contributed by atoms with Crippen molar-refractivity contribution in [3.05, 3.63) is 41.2 Å². The molecule has 28 heavy (non-hydrogen) atoms. The van der Waals surface area contributed by atoms with Crippen molar-refractivity contribution < 1.29 is 36.2 Å². The molecule has 0 amide bonds. The number of aromatic nitrogens is 2. The molecule has 9 nitrogen and oxygen atoms in total. The van der Waals surface area contributed by atoms with Crippen LogP contribution in [0.15, 0.2) is 24.3 Å². The van der Waals surface area contributed by atoms with Gasteiger partial charge in [0.05, 0.1) is 38.1 Å². The van der Waals surface area contributed by atoms with Crippen LogP contribution in [0.3, 0.4) is 0 Å². The largest absolute Gasteiger partial charge is 0.481 e. The van der Waals surface area contributed by atoms with E-state index in [2.05, 4.69) is 9.97 Å². The monoisotopic (exact) mass is 417 g/mol. The first-order valence-electron chi connectivity index (χ1n) is 7.65. The number of benzene rings is 1. The molecule has 0 unspecified atom stereocenters. The van der Waals surface area contributed by atoms with Gasteiger partial charge in [-0.2, -0.15) is 18.7 Å². The first kappa shape index (κ1) is 21.4. The molecule has 0 radical (unpaired) electrons. The van der Waals surface area contributed by atoms with Gasteiger partial charge in [0, 0.05) is 12.7 Å². The van der Waals surface area contributed by atoms with E-state index in [4.69, 9.17) is 14.2 Å². The van der Waals surface area contributed by atoms with Gasteiger partial charge in [0.15, 0.2) is 0 Å². The molecule has 0 saturated heterocycles. The molecule has 152 valence electrons. The SMILES string of the molecule is COCc1cccc(C(=O)c2nc(OC)cc(OC)n2)c1NS(=O)(=O)C(F)F. The Morgan fingerprint density at radius 2 is 1.75 bits per heavy atom. The van der Waals surface area contributed by atoms with Crippen molar-refractivity contribution in [2.24, 2.45) is 0 Å². The van der Waals surface area contributed by atoms with Crippen LogP contribution in [0.5, 0.6) is 11.8 Å². The summed E-state index contributed by atoms with van der Waals surface area (Å²) in [5, 5.41) is 0. The smallest absolute Gasteiger partial charge is 0.355 e. The van der Waals surface area contributed by atoms with Gasteiger partial charge in [-0.1, -0.05) is 12.1 Å². The van der Waals surface area contributed by atoms with E-state index in [1.54, 1.807) is 4.72 Å². The van der Waals surface area contributed by atoms with Gasteiger partial charge in [0.1, 0.15) is 0 Å². The molecule has 0 saturated carbocycles. The van der Waals surface area contributed by atoms with Crippen LogP contribution >= 0.6 is 0 Å². The van der Waals surface area contributed by atoms with Crippen LogP contribution in [0, 0.1) is 0 Å². The van der Waals surface area contributed by atoms with Crippen molar-refractivity contribution in [2.75, 3.05) is 26.1 Å². The zero-order chi connectivity index (χ0) is 20.9. The average Bonchev–Trinajstić information content (AvgIpc) is 2.68. The topological polar surface area (TPSA) is 117 Å². The Kier molecular flexibility index (Phi) is 6.80. The Labute approximate surface area is 159 Å². The van der Waals surface area contributed by atoms with E-state index in [1.165, 1.54) is 45.6 Å². The number of nitrogens with zero attached hydrogens (tertiary/aromatic N) is 2. The second kappa shape index (κ2) is 8.89. The Bertz CT molecular complexity index is 947. The van der Waals surface area contributed by atoms with Gasteiger partial charge in [-0.3, -0.25) is 9.52 Å². The third-order valence-electron chi connectivity index (χ3n) is 3.47. The Morgan fingerprint density at radius 3 is 2.25 bits per heavy atom. The summed E-state index contributed by atoms with van der Waals surface area (Å²) < 4.78 is 65.7. The summed E-state index contributed by atoms with van der Waals surface area (Å²) in [6.07, 6.45) is 0. The van der Waals surface area contributed by atoms with Crippen molar-refractivity contribution in [3.8, 4) is 11.8 Å². The minimum Gasteiger partial charge on any atom is -0.481 e. The molecule has 2 aromatic rings. The molecule has 0 spiro atoms. The molecule has 1 aromatic carbocycles. The highest BCUT2D eigenvalue weighted by molar-refractivity contribution is 7.93. The first-order chi connectivity index (χ1) is 13.2.